The zero-order valence-electron chi connectivity index (χ0n) is 8.00. The lowest BCUT2D eigenvalue weighted by Crippen LogP contribution is -2.27. The van der Waals surface area contributed by atoms with Crippen LogP contribution >= 0.6 is 11.8 Å². The third kappa shape index (κ3) is 3.99. The second-order valence-electron chi connectivity index (χ2n) is 3.48. The number of thioether (sulfide) groups is 1. The van der Waals surface area contributed by atoms with Crippen LogP contribution in [0.25, 0.3) is 0 Å². The molecule has 0 saturated heterocycles. The molecule has 1 N–H and O–H groups in total. The summed E-state index contributed by atoms with van der Waals surface area (Å²) in [4.78, 5) is 0. The Kier molecular flexibility index (Phi) is 5.36. The average molecular weight is 187 g/mol. The van der Waals surface area contributed by atoms with Crippen LogP contribution in [0.15, 0.2) is 0 Å². The van der Waals surface area contributed by atoms with E-state index in [9.17, 15) is 5.11 Å². The van der Waals surface area contributed by atoms with E-state index in [1.807, 2.05) is 6.26 Å². The number of hydrogen-bond acceptors (Lipinski definition) is 3. The van der Waals surface area contributed by atoms with Crippen LogP contribution in [-0.4, -0.2) is 23.2 Å². The maximum atomic E-state index is 9.57. The Labute approximate surface area is 79.0 Å². The van der Waals surface area contributed by atoms with Gasteiger partial charge in [-0.3, -0.25) is 0 Å². The molecule has 12 heavy (non-hydrogen) atoms. The van der Waals surface area contributed by atoms with Crippen molar-refractivity contribution in [2.24, 2.45) is 5.41 Å². The molecule has 0 amide bonds. The third-order valence-electron chi connectivity index (χ3n) is 1.95. The van der Waals surface area contributed by atoms with Gasteiger partial charge in [0.2, 0.25) is 0 Å². The van der Waals surface area contributed by atoms with Gasteiger partial charge in [-0.25, -0.2) is 0 Å². The molecular weight excluding hydrogens is 170 g/mol. The zero-order chi connectivity index (χ0) is 9.61. The van der Waals surface area contributed by atoms with Gasteiger partial charge in [-0.1, -0.05) is 0 Å². The molecule has 0 spiro atoms. The molecule has 1 atom stereocenters. The first kappa shape index (κ1) is 11.8. The lowest BCUT2D eigenvalue weighted by molar-refractivity contribution is 0.0780. The Bertz CT molecular complexity index is 162. The second-order valence-corrected chi connectivity index (χ2v) is 4.47. The van der Waals surface area contributed by atoms with Crippen molar-refractivity contribution in [3.05, 3.63) is 0 Å². The molecule has 2 nitrogen and oxygen atoms in total. The van der Waals surface area contributed by atoms with Gasteiger partial charge in [0.25, 0.3) is 0 Å². The maximum Gasteiger partial charge on any atom is 0.0776 e. The molecule has 0 aliphatic carbocycles. The number of rotatable bonds is 5. The summed E-state index contributed by atoms with van der Waals surface area (Å²) in [6.07, 6.45) is 3.26. The molecule has 0 aliphatic rings. The van der Waals surface area contributed by atoms with Crippen LogP contribution in [0.3, 0.4) is 0 Å². The summed E-state index contributed by atoms with van der Waals surface area (Å²) in [7, 11) is 0. The van der Waals surface area contributed by atoms with Gasteiger partial charge in [0.15, 0.2) is 0 Å². The van der Waals surface area contributed by atoms with Crippen LogP contribution in [0.1, 0.15) is 26.7 Å². The molecule has 0 aliphatic heterocycles. The fraction of sp³-hybridized carbons (Fsp3) is 0.889. The van der Waals surface area contributed by atoms with Crippen molar-refractivity contribution < 1.29 is 5.11 Å². The Morgan fingerprint density at radius 1 is 1.58 bits per heavy atom. The topological polar surface area (TPSA) is 44.0 Å². The Balaban J connectivity index is 3.73. The molecule has 1 unspecified atom stereocenters. The summed E-state index contributed by atoms with van der Waals surface area (Å²) < 4.78 is 0. The summed E-state index contributed by atoms with van der Waals surface area (Å²) in [6.45, 7) is 3.55. The minimum Gasteiger partial charge on any atom is -0.391 e. The summed E-state index contributed by atoms with van der Waals surface area (Å²) in [5.74, 6) is 1.05. The van der Waals surface area contributed by atoms with E-state index in [1.165, 1.54) is 0 Å². The van der Waals surface area contributed by atoms with Gasteiger partial charge >= 0.3 is 0 Å². The molecule has 0 radical (unpaired) electrons. The van der Waals surface area contributed by atoms with Crippen molar-refractivity contribution in [3.63, 3.8) is 0 Å². The van der Waals surface area contributed by atoms with E-state index in [2.05, 4.69) is 6.07 Å². The zero-order valence-corrected chi connectivity index (χ0v) is 8.82. The first-order valence-electron chi connectivity index (χ1n) is 4.13. The van der Waals surface area contributed by atoms with Gasteiger partial charge in [0.05, 0.1) is 17.6 Å². The van der Waals surface area contributed by atoms with E-state index >= 15 is 0 Å². The van der Waals surface area contributed by atoms with E-state index in [4.69, 9.17) is 5.26 Å². The minimum atomic E-state index is -0.599. The van der Waals surface area contributed by atoms with Crippen molar-refractivity contribution in [3.8, 4) is 6.07 Å². The minimum absolute atomic E-state index is 0.491. The van der Waals surface area contributed by atoms with Crippen molar-refractivity contribution in [1.82, 2.24) is 0 Å². The number of hydrogen-bond donors (Lipinski definition) is 1. The Morgan fingerprint density at radius 3 is 2.58 bits per heavy atom. The SMILES string of the molecule is CSCCCC(O)C(C)(C)C#N. The molecule has 0 aromatic carbocycles. The van der Waals surface area contributed by atoms with Gasteiger partial charge < -0.3 is 5.11 Å². The molecule has 0 aromatic heterocycles. The summed E-state index contributed by atoms with van der Waals surface area (Å²) in [6, 6.07) is 2.11. The van der Waals surface area contributed by atoms with E-state index in [0.717, 1.165) is 18.6 Å². The van der Waals surface area contributed by atoms with Crippen LogP contribution in [0, 0.1) is 16.7 Å². The van der Waals surface area contributed by atoms with Crippen molar-refractivity contribution in [2.75, 3.05) is 12.0 Å². The lowest BCUT2D eigenvalue weighted by Gasteiger charge is -2.22. The highest BCUT2D eigenvalue weighted by Crippen LogP contribution is 2.22. The predicted molar refractivity (Wildman–Crippen MR) is 53.0 cm³/mol. The molecule has 3 heteroatoms. The molecule has 0 rings (SSSR count). The normalized spacial score (nSPS) is 13.9. The molecule has 0 aromatic rings. The Morgan fingerprint density at radius 2 is 2.17 bits per heavy atom. The largest absolute Gasteiger partial charge is 0.391 e. The monoisotopic (exact) mass is 187 g/mol. The number of nitrogens with zero attached hydrogens (tertiary/aromatic N) is 1. The van der Waals surface area contributed by atoms with E-state index in [-0.39, 0.29) is 0 Å². The fourth-order valence-corrected chi connectivity index (χ4v) is 1.31. The van der Waals surface area contributed by atoms with Crippen LogP contribution < -0.4 is 0 Å². The van der Waals surface area contributed by atoms with Crippen LogP contribution in [0.5, 0.6) is 0 Å². The summed E-state index contributed by atoms with van der Waals surface area (Å²) in [5, 5.41) is 18.3. The van der Waals surface area contributed by atoms with E-state index in [1.54, 1.807) is 25.6 Å². The maximum absolute atomic E-state index is 9.57. The third-order valence-corrected chi connectivity index (χ3v) is 2.64. The van der Waals surface area contributed by atoms with Gasteiger partial charge in [-0.05, 0) is 38.7 Å². The quantitative estimate of drug-likeness (QED) is 0.670. The van der Waals surface area contributed by atoms with Gasteiger partial charge in [0, 0.05) is 0 Å². The van der Waals surface area contributed by atoms with Crippen LogP contribution in [0.4, 0.5) is 0 Å². The highest BCUT2D eigenvalue weighted by atomic mass is 32.2. The van der Waals surface area contributed by atoms with Gasteiger partial charge in [-0.2, -0.15) is 17.0 Å². The standard InChI is InChI=1S/C9H17NOS/c1-9(2,7-10)8(11)5-4-6-12-3/h8,11H,4-6H2,1-3H3. The predicted octanol–water partition coefficient (Wildman–Crippen LogP) is 2.04. The highest BCUT2D eigenvalue weighted by Gasteiger charge is 2.26. The summed E-state index contributed by atoms with van der Waals surface area (Å²) in [5.41, 5.74) is -0.599. The van der Waals surface area contributed by atoms with Crippen LogP contribution in [-0.2, 0) is 0 Å². The van der Waals surface area contributed by atoms with E-state index in [0.29, 0.717) is 0 Å². The first-order valence-corrected chi connectivity index (χ1v) is 5.52. The smallest absolute Gasteiger partial charge is 0.0776 e. The molecule has 0 bridgehead atoms. The Hall–Kier alpha value is -0.200. The van der Waals surface area contributed by atoms with Gasteiger partial charge in [0.1, 0.15) is 0 Å². The molecular formula is C9H17NOS. The number of nitriles is 1. The number of aliphatic hydroxyl groups is 1. The van der Waals surface area contributed by atoms with Crippen LogP contribution in [0.2, 0.25) is 0 Å². The lowest BCUT2D eigenvalue weighted by atomic mass is 9.86. The molecule has 0 heterocycles. The van der Waals surface area contributed by atoms with E-state index < -0.39 is 11.5 Å². The average Bonchev–Trinajstić information content (AvgIpc) is 2.05. The van der Waals surface area contributed by atoms with Crippen molar-refractivity contribution in [1.29, 1.82) is 5.26 Å². The summed E-state index contributed by atoms with van der Waals surface area (Å²) >= 11 is 1.77. The van der Waals surface area contributed by atoms with Crippen molar-refractivity contribution >= 4 is 11.8 Å². The first-order chi connectivity index (χ1) is 5.54. The fourth-order valence-electron chi connectivity index (χ4n) is 0.856. The second kappa shape index (κ2) is 5.45. The van der Waals surface area contributed by atoms with Gasteiger partial charge in [-0.15, -0.1) is 0 Å². The molecule has 70 valence electrons. The number of aliphatic hydroxyl groups excluding tert-OH is 1. The van der Waals surface area contributed by atoms with Crippen molar-refractivity contribution in [2.45, 2.75) is 32.8 Å². The molecule has 0 fully saturated rings. The molecule has 0 saturated carbocycles. The highest BCUT2D eigenvalue weighted by molar-refractivity contribution is 7.98.